The molecule has 5 nitrogen and oxygen atoms in total. The molecule has 0 saturated heterocycles. The first kappa shape index (κ1) is 19.9. The minimum Gasteiger partial charge on any atom is -0.497 e. The number of carbonyl (C=O) groups excluding carboxylic acids is 1. The number of carbonyl (C=O) groups is 1. The third-order valence-corrected chi connectivity index (χ3v) is 6.07. The maximum atomic E-state index is 12.5. The Morgan fingerprint density at radius 1 is 1.08 bits per heavy atom. The second-order valence-electron chi connectivity index (χ2n) is 5.59. The second-order valence-corrected chi connectivity index (χ2v) is 7.53. The van der Waals surface area contributed by atoms with Crippen molar-refractivity contribution in [2.75, 3.05) is 20.2 Å². The minimum atomic E-state index is -3.52. The molecule has 0 heterocycles. The van der Waals surface area contributed by atoms with E-state index in [0.717, 1.165) is 5.56 Å². The Bertz CT molecular complexity index is 882. The Hall–Kier alpha value is -2.44. The first-order valence-electron chi connectivity index (χ1n) is 8.39. The standard InChI is InChI=1S/C20H23NO4S/c1-4-21(5-2)26(23,24)19-12-10-17(11-13-19)20(22)14-9-16-7-6-8-18(15-16)25-3/h6-15H,4-5H2,1-3H3/b14-9+. The van der Waals surface area contributed by atoms with Crippen LogP contribution in [0.5, 0.6) is 5.75 Å². The summed E-state index contributed by atoms with van der Waals surface area (Å²) < 4.78 is 31.5. The summed E-state index contributed by atoms with van der Waals surface area (Å²) in [7, 11) is -1.93. The lowest BCUT2D eigenvalue weighted by atomic mass is 10.1. The van der Waals surface area contributed by atoms with Crippen LogP contribution in [0, 0.1) is 0 Å². The van der Waals surface area contributed by atoms with Crippen molar-refractivity contribution in [3.05, 3.63) is 65.7 Å². The number of methoxy groups -OCH3 is 1. The van der Waals surface area contributed by atoms with Crippen LogP contribution in [0.3, 0.4) is 0 Å². The molecule has 0 radical (unpaired) electrons. The van der Waals surface area contributed by atoms with Crippen LogP contribution in [-0.2, 0) is 10.0 Å². The largest absolute Gasteiger partial charge is 0.497 e. The van der Waals surface area contributed by atoms with Gasteiger partial charge in [-0.15, -0.1) is 0 Å². The van der Waals surface area contributed by atoms with Crippen LogP contribution >= 0.6 is 0 Å². The number of rotatable bonds is 8. The summed E-state index contributed by atoms with van der Waals surface area (Å²) in [5, 5.41) is 0. The lowest BCUT2D eigenvalue weighted by Gasteiger charge is -2.18. The van der Waals surface area contributed by atoms with Crippen molar-refractivity contribution < 1.29 is 17.9 Å². The molecular formula is C20H23NO4S. The zero-order valence-electron chi connectivity index (χ0n) is 15.2. The lowest BCUT2D eigenvalue weighted by Crippen LogP contribution is -2.30. The first-order valence-corrected chi connectivity index (χ1v) is 9.83. The van der Waals surface area contributed by atoms with E-state index in [-0.39, 0.29) is 10.7 Å². The highest BCUT2D eigenvalue weighted by atomic mass is 32.2. The van der Waals surface area contributed by atoms with Crippen LogP contribution in [0.4, 0.5) is 0 Å². The zero-order valence-corrected chi connectivity index (χ0v) is 16.0. The number of ether oxygens (including phenoxy) is 1. The van der Waals surface area contributed by atoms with Gasteiger partial charge in [0.15, 0.2) is 5.78 Å². The van der Waals surface area contributed by atoms with E-state index < -0.39 is 10.0 Å². The van der Waals surface area contributed by atoms with E-state index in [9.17, 15) is 13.2 Å². The van der Waals surface area contributed by atoms with Crippen LogP contribution in [0.2, 0.25) is 0 Å². The Kier molecular flexibility index (Phi) is 6.71. The van der Waals surface area contributed by atoms with Crippen molar-refractivity contribution in [3.63, 3.8) is 0 Å². The Morgan fingerprint density at radius 2 is 1.73 bits per heavy atom. The van der Waals surface area contributed by atoms with Crippen LogP contribution in [0.25, 0.3) is 6.08 Å². The molecule has 6 heteroatoms. The fourth-order valence-electron chi connectivity index (χ4n) is 2.52. The van der Waals surface area contributed by atoms with Gasteiger partial charge >= 0.3 is 0 Å². The maximum Gasteiger partial charge on any atom is 0.243 e. The molecule has 138 valence electrons. The quantitative estimate of drug-likeness (QED) is 0.524. The normalized spacial score (nSPS) is 11.8. The molecule has 0 spiro atoms. The summed E-state index contributed by atoms with van der Waals surface area (Å²) in [5.74, 6) is 0.519. The molecule has 2 aromatic carbocycles. The van der Waals surface area contributed by atoms with Gasteiger partial charge in [0, 0.05) is 18.7 Å². The molecule has 0 aliphatic rings. The van der Waals surface area contributed by atoms with Gasteiger partial charge in [-0.2, -0.15) is 4.31 Å². The van der Waals surface area contributed by atoms with Gasteiger partial charge in [0.1, 0.15) is 5.75 Å². The molecule has 2 rings (SSSR count). The van der Waals surface area contributed by atoms with E-state index >= 15 is 0 Å². The molecule has 0 amide bonds. The molecule has 0 unspecified atom stereocenters. The van der Waals surface area contributed by atoms with Crippen molar-refractivity contribution in [2.45, 2.75) is 18.7 Å². The van der Waals surface area contributed by atoms with Gasteiger partial charge in [-0.25, -0.2) is 8.42 Å². The number of hydrogen-bond acceptors (Lipinski definition) is 4. The van der Waals surface area contributed by atoms with Crippen LogP contribution in [0.15, 0.2) is 59.5 Å². The highest BCUT2D eigenvalue weighted by Gasteiger charge is 2.21. The monoisotopic (exact) mass is 373 g/mol. The highest BCUT2D eigenvalue weighted by Crippen LogP contribution is 2.17. The van der Waals surface area contributed by atoms with E-state index in [1.165, 1.54) is 34.6 Å². The van der Waals surface area contributed by atoms with E-state index in [0.29, 0.717) is 24.4 Å². The Morgan fingerprint density at radius 3 is 2.31 bits per heavy atom. The minimum absolute atomic E-state index is 0.189. The van der Waals surface area contributed by atoms with Crippen LogP contribution < -0.4 is 4.74 Å². The predicted octanol–water partition coefficient (Wildman–Crippen LogP) is 3.62. The van der Waals surface area contributed by atoms with Gasteiger partial charge < -0.3 is 4.74 Å². The van der Waals surface area contributed by atoms with Gasteiger partial charge in [-0.1, -0.05) is 32.1 Å². The van der Waals surface area contributed by atoms with Crippen molar-refractivity contribution in [2.24, 2.45) is 0 Å². The Labute approximate surface area is 155 Å². The van der Waals surface area contributed by atoms with E-state index in [1.54, 1.807) is 27.0 Å². The molecule has 2 aromatic rings. The highest BCUT2D eigenvalue weighted by molar-refractivity contribution is 7.89. The van der Waals surface area contributed by atoms with Crippen LogP contribution in [0.1, 0.15) is 29.8 Å². The molecule has 0 bridgehead atoms. The average Bonchev–Trinajstić information content (AvgIpc) is 2.67. The molecule has 0 N–H and O–H groups in total. The maximum absolute atomic E-state index is 12.5. The molecule has 0 fully saturated rings. The van der Waals surface area contributed by atoms with Gasteiger partial charge in [-0.3, -0.25) is 4.79 Å². The summed E-state index contributed by atoms with van der Waals surface area (Å²) >= 11 is 0. The molecule has 0 aromatic heterocycles. The Balaban J connectivity index is 2.17. The molecule has 0 aliphatic heterocycles. The third-order valence-electron chi connectivity index (χ3n) is 4.00. The summed E-state index contributed by atoms with van der Waals surface area (Å²) in [6.45, 7) is 4.40. The van der Waals surface area contributed by atoms with Crippen molar-refractivity contribution >= 4 is 21.9 Å². The van der Waals surface area contributed by atoms with E-state index in [1.807, 2.05) is 24.3 Å². The number of nitrogens with zero attached hydrogens (tertiary/aromatic N) is 1. The summed E-state index contributed by atoms with van der Waals surface area (Å²) in [6, 6.07) is 13.4. The number of ketones is 1. The fraction of sp³-hybridized carbons (Fsp3) is 0.250. The molecule has 0 saturated carbocycles. The van der Waals surface area contributed by atoms with Crippen molar-refractivity contribution in [1.82, 2.24) is 4.31 Å². The summed E-state index contributed by atoms with van der Waals surface area (Å²) in [4.78, 5) is 12.5. The topological polar surface area (TPSA) is 63.7 Å². The van der Waals surface area contributed by atoms with E-state index in [4.69, 9.17) is 4.74 Å². The first-order chi connectivity index (χ1) is 12.4. The molecule has 0 atom stereocenters. The SMILES string of the molecule is CCN(CC)S(=O)(=O)c1ccc(C(=O)/C=C/c2cccc(OC)c2)cc1. The van der Waals surface area contributed by atoms with Gasteiger partial charge in [0.2, 0.25) is 10.0 Å². The van der Waals surface area contributed by atoms with E-state index in [2.05, 4.69) is 0 Å². The van der Waals surface area contributed by atoms with Gasteiger partial charge in [0.05, 0.1) is 12.0 Å². The zero-order chi connectivity index (χ0) is 19.2. The average molecular weight is 373 g/mol. The van der Waals surface area contributed by atoms with Gasteiger partial charge in [-0.05, 0) is 48.0 Å². The number of benzene rings is 2. The number of hydrogen-bond donors (Lipinski definition) is 0. The summed E-state index contributed by atoms with van der Waals surface area (Å²) in [5.41, 5.74) is 1.28. The molecule has 26 heavy (non-hydrogen) atoms. The van der Waals surface area contributed by atoms with Crippen molar-refractivity contribution in [1.29, 1.82) is 0 Å². The second kappa shape index (κ2) is 8.78. The molecule has 0 aliphatic carbocycles. The lowest BCUT2D eigenvalue weighted by molar-refractivity contribution is 0.104. The van der Waals surface area contributed by atoms with Crippen molar-refractivity contribution in [3.8, 4) is 5.75 Å². The fourth-order valence-corrected chi connectivity index (χ4v) is 3.98. The number of sulfonamides is 1. The van der Waals surface area contributed by atoms with Gasteiger partial charge in [0.25, 0.3) is 0 Å². The molecular weight excluding hydrogens is 350 g/mol. The van der Waals surface area contributed by atoms with Crippen LogP contribution in [-0.4, -0.2) is 38.7 Å². The smallest absolute Gasteiger partial charge is 0.243 e. The number of allylic oxidation sites excluding steroid dienone is 1. The summed E-state index contributed by atoms with van der Waals surface area (Å²) in [6.07, 6.45) is 3.16. The third kappa shape index (κ3) is 4.59. The predicted molar refractivity (Wildman–Crippen MR) is 103 cm³/mol.